The lowest BCUT2D eigenvalue weighted by Gasteiger charge is -2.61. The van der Waals surface area contributed by atoms with Gasteiger partial charge >= 0.3 is 5.97 Å². The van der Waals surface area contributed by atoms with Gasteiger partial charge in [0, 0.05) is 50.8 Å². The lowest BCUT2D eigenvalue weighted by atomic mass is 9.45. The third-order valence-electron chi connectivity index (χ3n) is 11.7. The van der Waals surface area contributed by atoms with Crippen molar-refractivity contribution < 1.29 is 9.53 Å². The molecular weight excluding hydrogens is 438 g/mol. The molecule has 0 N–H and O–H groups in total. The van der Waals surface area contributed by atoms with Crippen molar-refractivity contribution in [2.45, 2.75) is 90.3 Å². The van der Waals surface area contributed by atoms with Crippen molar-refractivity contribution >= 4 is 5.97 Å². The number of rotatable bonds is 3. The van der Waals surface area contributed by atoms with Gasteiger partial charge in [-0.15, -0.1) is 5.10 Å². The second-order valence-corrected chi connectivity index (χ2v) is 13.2. The summed E-state index contributed by atoms with van der Waals surface area (Å²) in [5.74, 6) is 2.83. The normalized spacial score (nSPS) is 46.5. The standard InChI is InChI=1S/C28H45N5O2/c1-19(34)35-26-25(33-12-11-29-30-33)18-24-22-6-5-20-17-21(32-15-13-31(4)14-16-32)7-9-27(20,2)23(22)8-10-28(24,26)3/h11-12,20-26H,5-10,13-18H2,1-4H3/t20-,21-,22+,23-,24-,25-,26-,27-,28-/m0/s1. The predicted molar refractivity (Wildman–Crippen MR) is 135 cm³/mol. The molecule has 1 saturated heterocycles. The molecule has 2 heterocycles. The molecule has 0 aromatic carbocycles. The Labute approximate surface area is 210 Å². The Bertz CT molecular complexity index is 914. The maximum absolute atomic E-state index is 12.2. The minimum atomic E-state index is -0.165. The Morgan fingerprint density at radius 2 is 1.74 bits per heavy atom. The van der Waals surface area contributed by atoms with Gasteiger partial charge in [0.1, 0.15) is 6.10 Å². The van der Waals surface area contributed by atoms with Crippen LogP contribution in [0.2, 0.25) is 0 Å². The number of ether oxygens (including phenoxy) is 1. The van der Waals surface area contributed by atoms with Crippen LogP contribution in [0.5, 0.6) is 0 Å². The molecule has 1 aliphatic heterocycles. The Morgan fingerprint density at radius 3 is 2.46 bits per heavy atom. The highest BCUT2D eigenvalue weighted by atomic mass is 16.5. The predicted octanol–water partition coefficient (Wildman–Crippen LogP) is 4.02. The van der Waals surface area contributed by atoms with Crippen LogP contribution in [0.25, 0.3) is 0 Å². The summed E-state index contributed by atoms with van der Waals surface area (Å²) in [6.07, 6.45) is 14.0. The van der Waals surface area contributed by atoms with Crippen LogP contribution in [-0.2, 0) is 9.53 Å². The minimum absolute atomic E-state index is 0.0314. The number of carbonyl (C=O) groups excluding carboxylic acids is 1. The van der Waals surface area contributed by atoms with Crippen LogP contribution in [0.3, 0.4) is 0 Å². The number of carbonyl (C=O) groups is 1. The monoisotopic (exact) mass is 483 g/mol. The van der Waals surface area contributed by atoms with E-state index in [2.05, 4.69) is 41.0 Å². The average molecular weight is 484 g/mol. The second-order valence-electron chi connectivity index (χ2n) is 13.2. The fourth-order valence-corrected chi connectivity index (χ4v) is 9.76. The van der Waals surface area contributed by atoms with E-state index in [4.69, 9.17) is 4.74 Å². The number of hydrogen-bond donors (Lipinski definition) is 0. The van der Waals surface area contributed by atoms with Crippen LogP contribution in [0.15, 0.2) is 12.4 Å². The summed E-state index contributed by atoms with van der Waals surface area (Å²) >= 11 is 0. The fourth-order valence-electron chi connectivity index (χ4n) is 9.76. The molecule has 0 radical (unpaired) electrons. The molecule has 1 aromatic heterocycles. The number of aromatic nitrogens is 3. The summed E-state index contributed by atoms with van der Waals surface area (Å²) in [6.45, 7) is 11.6. The molecule has 7 heteroatoms. The van der Waals surface area contributed by atoms with Crippen LogP contribution in [0.1, 0.15) is 78.2 Å². The number of esters is 1. The largest absolute Gasteiger partial charge is 0.460 e. The smallest absolute Gasteiger partial charge is 0.302 e. The van der Waals surface area contributed by atoms with Crippen molar-refractivity contribution in [1.82, 2.24) is 24.8 Å². The van der Waals surface area contributed by atoms with Gasteiger partial charge in [-0.05, 0) is 87.5 Å². The molecule has 194 valence electrons. The summed E-state index contributed by atoms with van der Waals surface area (Å²) in [5, 5.41) is 8.44. The van der Waals surface area contributed by atoms with Gasteiger partial charge in [-0.3, -0.25) is 9.69 Å². The Hall–Kier alpha value is -1.47. The van der Waals surface area contributed by atoms with Crippen molar-refractivity contribution in [3.63, 3.8) is 0 Å². The number of fused-ring (bicyclic) bond motifs is 5. The molecule has 6 rings (SSSR count). The van der Waals surface area contributed by atoms with Crippen molar-refractivity contribution in [2.75, 3.05) is 33.2 Å². The molecule has 0 unspecified atom stereocenters. The van der Waals surface area contributed by atoms with Gasteiger partial charge in [-0.1, -0.05) is 19.1 Å². The van der Waals surface area contributed by atoms with E-state index in [1.165, 1.54) is 64.7 Å². The van der Waals surface area contributed by atoms with Crippen molar-refractivity contribution in [2.24, 2.45) is 34.5 Å². The van der Waals surface area contributed by atoms with E-state index in [1.807, 2.05) is 10.9 Å². The van der Waals surface area contributed by atoms with Gasteiger partial charge < -0.3 is 9.64 Å². The maximum Gasteiger partial charge on any atom is 0.302 e. The first-order valence-corrected chi connectivity index (χ1v) is 14.2. The SMILES string of the molecule is CC(=O)O[C@H]1[C@@H](n2ccnn2)C[C@H]2[C@@H]3CC[C@H]4C[C@@H](N5CCN(C)CC5)CC[C@]4(C)[C@H]3CC[C@@]21C. The summed E-state index contributed by atoms with van der Waals surface area (Å²) in [6, 6.07) is 0.900. The van der Waals surface area contributed by atoms with Gasteiger partial charge in [0.2, 0.25) is 0 Å². The first-order valence-electron chi connectivity index (χ1n) is 14.2. The molecule has 35 heavy (non-hydrogen) atoms. The van der Waals surface area contributed by atoms with E-state index >= 15 is 0 Å². The first-order chi connectivity index (χ1) is 16.8. The number of piperazine rings is 1. The van der Waals surface area contributed by atoms with Crippen molar-refractivity contribution in [1.29, 1.82) is 0 Å². The maximum atomic E-state index is 12.2. The topological polar surface area (TPSA) is 63.5 Å². The van der Waals surface area contributed by atoms with Gasteiger partial charge in [-0.2, -0.15) is 0 Å². The van der Waals surface area contributed by atoms with Crippen LogP contribution < -0.4 is 0 Å². The minimum Gasteiger partial charge on any atom is -0.460 e. The van der Waals surface area contributed by atoms with E-state index in [0.29, 0.717) is 11.3 Å². The molecule has 5 aliphatic rings. The summed E-state index contributed by atoms with van der Waals surface area (Å²) in [7, 11) is 2.26. The van der Waals surface area contributed by atoms with E-state index < -0.39 is 0 Å². The Balaban J connectivity index is 1.22. The molecule has 4 saturated carbocycles. The molecular formula is C28H45N5O2. The number of hydrogen-bond acceptors (Lipinski definition) is 6. The molecule has 0 spiro atoms. The number of likely N-dealkylation sites (N-methyl/N-ethyl adjacent to an activating group) is 1. The van der Waals surface area contributed by atoms with E-state index in [0.717, 1.165) is 36.6 Å². The molecule has 5 fully saturated rings. The highest BCUT2D eigenvalue weighted by Crippen LogP contribution is 2.68. The molecule has 0 bridgehead atoms. The fraction of sp³-hybridized carbons (Fsp3) is 0.893. The van der Waals surface area contributed by atoms with Gasteiger partial charge in [0.05, 0.1) is 12.2 Å². The molecule has 7 nitrogen and oxygen atoms in total. The quantitative estimate of drug-likeness (QED) is 0.605. The van der Waals surface area contributed by atoms with E-state index in [9.17, 15) is 4.79 Å². The second kappa shape index (κ2) is 8.83. The zero-order valence-corrected chi connectivity index (χ0v) is 22.2. The highest BCUT2D eigenvalue weighted by molar-refractivity contribution is 5.66. The van der Waals surface area contributed by atoms with E-state index in [1.54, 1.807) is 13.1 Å². The Morgan fingerprint density at radius 1 is 0.971 bits per heavy atom. The van der Waals surface area contributed by atoms with Gasteiger partial charge in [0.15, 0.2) is 0 Å². The Kier molecular flexibility index (Phi) is 6.03. The zero-order chi connectivity index (χ0) is 24.4. The zero-order valence-electron chi connectivity index (χ0n) is 22.2. The third-order valence-corrected chi connectivity index (χ3v) is 11.7. The number of nitrogens with zero attached hydrogens (tertiary/aromatic N) is 5. The van der Waals surface area contributed by atoms with Crippen LogP contribution in [-0.4, -0.2) is 76.1 Å². The lowest BCUT2D eigenvalue weighted by molar-refractivity contribution is -0.164. The van der Waals surface area contributed by atoms with Gasteiger partial charge in [-0.25, -0.2) is 4.68 Å². The molecule has 1 aromatic rings. The highest BCUT2D eigenvalue weighted by Gasteiger charge is 2.64. The average Bonchev–Trinajstić information content (AvgIpc) is 3.46. The van der Waals surface area contributed by atoms with Crippen molar-refractivity contribution in [3.8, 4) is 0 Å². The lowest BCUT2D eigenvalue weighted by Crippen LogP contribution is -2.57. The van der Waals surface area contributed by atoms with Crippen LogP contribution in [0, 0.1) is 34.5 Å². The first kappa shape index (κ1) is 23.9. The third kappa shape index (κ3) is 3.87. The summed E-state index contributed by atoms with van der Waals surface area (Å²) < 4.78 is 8.06. The summed E-state index contributed by atoms with van der Waals surface area (Å²) in [4.78, 5) is 17.4. The van der Waals surface area contributed by atoms with Crippen molar-refractivity contribution in [3.05, 3.63) is 12.4 Å². The molecule has 9 atom stereocenters. The molecule has 4 aliphatic carbocycles. The molecule has 0 amide bonds. The van der Waals surface area contributed by atoms with Gasteiger partial charge in [0.25, 0.3) is 0 Å². The van der Waals surface area contributed by atoms with E-state index in [-0.39, 0.29) is 23.5 Å². The van der Waals surface area contributed by atoms with Crippen LogP contribution in [0.4, 0.5) is 0 Å². The summed E-state index contributed by atoms with van der Waals surface area (Å²) in [5.41, 5.74) is 0.499. The van der Waals surface area contributed by atoms with Crippen LogP contribution >= 0.6 is 0 Å².